The number of hydrogen-bond donors (Lipinski definition) is 1. The zero-order valence-electron chi connectivity index (χ0n) is 7.04. The molecule has 1 aromatic carbocycles. The Kier molecular flexibility index (Phi) is 4.35. The van der Waals surface area contributed by atoms with Crippen molar-refractivity contribution in [3.8, 4) is 5.75 Å². The lowest BCUT2D eigenvalue weighted by atomic mass is 10.1. The molecule has 0 aromatic heterocycles. The monoisotopic (exact) mass is 419 g/mol. The molecule has 0 radical (unpaired) electrons. The standard InChI is InChI=1S/C8H7I2NO3/c9-6-3-5(1-2-11(13)14)8(12)7(10)4-6/h3-4,12H,1-2H2. The first-order valence-electron chi connectivity index (χ1n) is 3.79. The van der Waals surface area contributed by atoms with Gasteiger partial charge in [-0.05, 0) is 57.3 Å². The van der Waals surface area contributed by atoms with E-state index in [1.807, 2.05) is 28.7 Å². The summed E-state index contributed by atoms with van der Waals surface area (Å²) in [5, 5.41) is 19.8. The van der Waals surface area contributed by atoms with Crippen LogP contribution in [0.1, 0.15) is 5.56 Å². The summed E-state index contributed by atoms with van der Waals surface area (Å²) in [6, 6.07) is 3.59. The summed E-state index contributed by atoms with van der Waals surface area (Å²) in [4.78, 5) is 9.79. The number of hydrogen-bond acceptors (Lipinski definition) is 3. The van der Waals surface area contributed by atoms with Crippen LogP contribution in [0.5, 0.6) is 5.75 Å². The lowest BCUT2D eigenvalue weighted by Gasteiger charge is -2.04. The molecule has 76 valence electrons. The number of nitro groups is 1. The van der Waals surface area contributed by atoms with Gasteiger partial charge in [-0.25, -0.2) is 0 Å². The predicted molar refractivity (Wildman–Crippen MR) is 69.1 cm³/mol. The first-order valence-corrected chi connectivity index (χ1v) is 5.95. The maximum Gasteiger partial charge on any atom is 0.208 e. The largest absolute Gasteiger partial charge is 0.507 e. The highest BCUT2D eigenvalue weighted by molar-refractivity contribution is 14.1. The third kappa shape index (κ3) is 3.23. The first kappa shape index (κ1) is 12.0. The van der Waals surface area contributed by atoms with Crippen molar-refractivity contribution in [2.24, 2.45) is 0 Å². The lowest BCUT2D eigenvalue weighted by molar-refractivity contribution is -0.479. The fourth-order valence-electron chi connectivity index (χ4n) is 1.02. The van der Waals surface area contributed by atoms with Crippen molar-refractivity contribution in [1.29, 1.82) is 0 Å². The summed E-state index contributed by atoms with van der Waals surface area (Å²) in [7, 11) is 0. The van der Waals surface area contributed by atoms with Crippen molar-refractivity contribution in [3.05, 3.63) is 35.0 Å². The molecule has 1 aromatic rings. The summed E-state index contributed by atoms with van der Waals surface area (Å²) in [6.07, 6.45) is 0.270. The van der Waals surface area contributed by atoms with Crippen molar-refractivity contribution in [2.75, 3.05) is 6.54 Å². The average Bonchev–Trinajstić information content (AvgIpc) is 2.08. The van der Waals surface area contributed by atoms with Crippen LogP contribution in [0.4, 0.5) is 0 Å². The van der Waals surface area contributed by atoms with Crippen molar-refractivity contribution in [3.63, 3.8) is 0 Å². The summed E-state index contributed by atoms with van der Waals surface area (Å²) >= 11 is 4.13. The van der Waals surface area contributed by atoms with Gasteiger partial charge in [0.05, 0.1) is 3.57 Å². The van der Waals surface area contributed by atoms with Crippen LogP contribution >= 0.6 is 45.2 Å². The van der Waals surface area contributed by atoms with E-state index in [1.165, 1.54) is 0 Å². The first-order chi connectivity index (χ1) is 6.50. The van der Waals surface area contributed by atoms with Gasteiger partial charge in [-0.3, -0.25) is 10.1 Å². The molecule has 0 aliphatic carbocycles. The van der Waals surface area contributed by atoms with Gasteiger partial charge in [-0.1, -0.05) is 0 Å². The number of phenols is 1. The van der Waals surface area contributed by atoms with Crippen LogP contribution in [-0.2, 0) is 6.42 Å². The third-order valence-electron chi connectivity index (χ3n) is 1.67. The highest BCUT2D eigenvalue weighted by Gasteiger charge is 2.09. The Morgan fingerprint density at radius 2 is 2.07 bits per heavy atom. The molecule has 0 fully saturated rings. The van der Waals surface area contributed by atoms with Gasteiger partial charge in [0, 0.05) is 20.5 Å². The second kappa shape index (κ2) is 5.10. The van der Waals surface area contributed by atoms with E-state index >= 15 is 0 Å². The van der Waals surface area contributed by atoms with E-state index in [1.54, 1.807) is 6.07 Å². The molecule has 0 unspecified atom stereocenters. The molecule has 0 atom stereocenters. The molecule has 0 aliphatic heterocycles. The van der Waals surface area contributed by atoms with E-state index in [0.29, 0.717) is 5.56 Å². The quantitative estimate of drug-likeness (QED) is 0.466. The smallest absolute Gasteiger partial charge is 0.208 e. The Morgan fingerprint density at radius 1 is 1.43 bits per heavy atom. The summed E-state index contributed by atoms with van der Waals surface area (Å²) < 4.78 is 1.70. The molecule has 0 amide bonds. The Hall–Kier alpha value is -0.120. The van der Waals surface area contributed by atoms with Crippen LogP contribution < -0.4 is 0 Å². The van der Waals surface area contributed by atoms with Crippen LogP contribution in [0.15, 0.2) is 12.1 Å². The zero-order chi connectivity index (χ0) is 10.7. The van der Waals surface area contributed by atoms with E-state index in [4.69, 9.17) is 0 Å². The van der Waals surface area contributed by atoms with E-state index in [9.17, 15) is 15.2 Å². The van der Waals surface area contributed by atoms with Crippen LogP contribution in [0.25, 0.3) is 0 Å². The Balaban J connectivity index is 2.90. The minimum absolute atomic E-state index is 0.149. The maximum atomic E-state index is 10.2. The fourth-order valence-corrected chi connectivity index (χ4v) is 2.99. The molecule has 0 spiro atoms. The minimum atomic E-state index is -0.383. The number of phenolic OH excluding ortho intramolecular Hbond substituents is 1. The third-order valence-corrected chi connectivity index (χ3v) is 3.12. The Labute approximate surface area is 108 Å². The van der Waals surface area contributed by atoms with E-state index < -0.39 is 0 Å². The SMILES string of the molecule is O=[N+]([O-])CCc1cc(I)cc(I)c1O. The van der Waals surface area contributed by atoms with Crippen molar-refractivity contribution in [1.82, 2.24) is 0 Å². The van der Waals surface area contributed by atoms with Gasteiger partial charge < -0.3 is 5.11 Å². The van der Waals surface area contributed by atoms with Crippen LogP contribution in [0.2, 0.25) is 0 Å². The van der Waals surface area contributed by atoms with E-state index in [-0.39, 0.29) is 23.6 Å². The van der Waals surface area contributed by atoms with Gasteiger partial charge >= 0.3 is 0 Å². The Bertz CT molecular complexity index is 368. The molecule has 1 rings (SSSR count). The summed E-state index contributed by atoms with van der Waals surface area (Å²) in [5.74, 6) is 0.160. The molecule has 6 heteroatoms. The van der Waals surface area contributed by atoms with Crippen LogP contribution in [-0.4, -0.2) is 16.6 Å². The molecular weight excluding hydrogens is 412 g/mol. The minimum Gasteiger partial charge on any atom is -0.507 e. The number of nitrogens with zero attached hydrogens (tertiary/aromatic N) is 1. The molecule has 14 heavy (non-hydrogen) atoms. The van der Waals surface area contributed by atoms with Gasteiger partial charge in [0.1, 0.15) is 5.75 Å². The highest BCUT2D eigenvalue weighted by atomic mass is 127. The van der Waals surface area contributed by atoms with E-state index in [0.717, 1.165) is 7.14 Å². The molecule has 0 bridgehead atoms. The van der Waals surface area contributed by atoms with Gasteiger partial charge in [-0.2, -0.15) is 0 Å². The normalized spacial score (nSPS) is 10.1. The molecule has 0 saturated carbocycles. The predicted octanol–water partition coefficient (Wildman–Crippen LogP) is 2.42. The zero-order valence-corrected chi connectivity index (χ0v) is 11.4. The second-order valence-corrected chi connectivity index (χ2v) is 5.11. The molecule has 1 N–H and O–H groups in total. The number of halogens is 2. The number of benzene rings is 1. The second-order valence-electron chi connectivity index (χ2n) is 2.70. The van der Waals surface area contributed by atoms with Crippen LogP contribution in [0.3, 0.4) is 0 Å². The molecular formula is C8H7I2NO3. The summed E-state index contributed by atoms with van der Waals surface area (Å²) in [6.45, 7) is -0.149. The van der Waals surface area contributed by atoms with Gasteiger partial charge in [-0.15, -0.1) is 0 Å². The average molecular weight is 419 g/mol. The lowest BCUT2D eigenvalue weighted by Crippen LogP contribution is -2.04. The van der Waals surface area contributed by atoms with Gasteiger partial charge in [0.2, 0.25) is 6.54 Å². The van der Waals surface area contributed by atoms with Crippen molar-refractivity contribution >= 4 is 45.2 Å². The van der Waals surface area contributed by atoms with Crippen molar-refractivity contribution < 1.29 is 10.0 Å². The number of rotatable bonds is 3. The molecule has 0 aliphatic rings. The molecule has 0 saturated heterocycles. The van der Waals surface area contributed by atoms with Gasteiger partial charge in [0.15, 0.2) is 0 Å². The fraction of sp³-hybridized carbons (Fsp3) is 0.250. The van der Waals surface area contributed by atoms with E-state index in [2.05, 4.69) is 22.6 Å². The Morgan fingerprint density at radius 3 is 2.64 bits per heavy atom. The van der Waals surface area contributed by atoms with Crippen molar-refractivity contribution in [2.45, 2.75) is 6.42 Å². The molecule has 0 heterocycles. The highest BCUT2D eigenvalue weighted by Crippen LogP contribution is 2.27. The summed E-state index contributed by atoms with van der Waals surface area (Å²) in [5.41, 5.74) is 0.637. The van der Waals surface area contributed by atoms with Gasteiger partial charge in [0.25, 0.3) is 0 Å². The number of aromatic hydroxyl groups is 1. The molecule has 4 nitrogen and oxygen atoms in total. The maximum absolute atomic E-state index is 10.2. The van der Waals surface area contributed by atoms with Crippen LogP contribution in [0, 0.1) is 17.3 Å². The topological polar surface area (TPSA) is 63.4 Å².